The number of anilines is 1. The summed E-state index contributed by atoms with van der Waals surface area (Å²) in [6, 6.07) is 17.2. The molecule has 0 saturated carbocycles. The molecule has 4 nitrogen and oxygen atoms in total. The minimum Gasteiger partial charge on any atom is -0.325 e. The molecule has 0 aliphatic heterocycles. The van der Waals surface area contributed by atoms with Crippen molar-refractivity contribution in [3.63, 3.8) is 0 Å². The van der Waals surface area contributed by atoms with Crippen molar-refractivity contribution >= 4 is 11.6 Å². The molecule has 0 unspecified atom stereocenters. The van der Waals surface area contributed by atoms with Gasteiger partial charge in [0.2, 0.25) is 5.91 Å². The van der Waals surface area contributed by atoms with Crippen LogP contribution >= 0.6 is 0 Å². The Bertz CT molecular complexity index is 686. The van der Waals surface area contributed by atoms with E-state index in [2.05, 4.69) is 42.6 Å². The first-order chi connectivity index (χ1) is 10.6. The standard InChI is InChI=1S/C18H19N3O/c1-14-6-8-15(9-7-14)12-21(2)13-18(22)20-17-5-3-4-16(10-17)11-19/h3-10H,12-13H2,1-2H3,(H,20,22). The van der Waals surface area contributed by atoms with Gasteiger partial charge in [0.15, 0.2) is 0 Å². The zero-order chi connectivity index (χ0) is 15.9. The molecule has 0 radical (unpaired) electrons. The van der Waals surface area contributed by atoms with Crippen molar-refractivity contribution in [2.45, 2.75) is 13.5 Å². The summed E-state index contributed by atoms with van der Waals surface area (Å²) in [6.07, 6.45) is 0. The van der Waals surface area contributed by atoms with Crippen LogP contribution < -0.4 is 5.32 Å². The number of rotatable bonds is 5. The number of nitrogens with one attached hydrogen (secondary N) is 1. The molecule has 0 saturated heterocycles. The lowest BCUT2D eigenvalue weighted by Gasteiger charge is -2.16. The highest BCUT2D eigenvalue weighted by Gasteiger charge is 2.08. The Morgan fingerprint density at radius 1 is 1.23 bits per heavy atom. The van der Waals surface area contributed by atoms with Crippen molar-refractivity contribution in [2.24, 2.45) is 0 Å². The zero-order valence-corrected chi connectivity index (χ0v) is 12.8. The van der Waals surface area contributed by atoms with Crippen molar-refractivity contribution in [2.75, 3.05) is 18.9 Å². The van der Waals surface area contributed by atoms with E-state index in [9.17, 15) is 4.79 Å². The lowest BCUT2D eigenvalue weighted by molar-refractivity contribution is -0.117. The van der Waals surface area contributed by atoms with E-state index < -0.39 is 0 Å². The van der Waals surface area contributed by atoms with E-state index in [1.807, 2.05) is 11.9 Å². The molecule has 0 fully saturated rings. The number of benzene rings is 2. The molecule has 0 aromatic heterocycles. The largest absolute Gasteiger partial charge is 0.325 e. The fourth-order valence-corrected chi connectivity index (χ4v) is 2.17. The number of likely N-dealkylation sites (N-methyl/N-ethyl adjacent to an activating group) is 1. The minimum absolute atomic E-state index is 0.0929. The molecule has 112 valence electrons. The molecule has 0 spiro atoms. The van der Waals surface area contributed by atoms with Crippen molar-refractivity contribution in [3.05, 3.63) is 65.2 Å². The van der Waals surface area contributed by atoms with Gasteiger partial charge in [-0.1, -0.05) is 35.9 Å². The van der Waals surface area contributed by atoms with Crippen LogP contribution in [0.1, 0.15) is 16.7 Å². The highest BCUT2D eigenvalue weighted by Crippen LogP contribution is 2.10. The highest BCUT2D eigenvalue weighted by molar-refractivity contribution is 5.92. The van der Waals surface area contributed by atoms with Gasteiger partial charge < -0.3 is 5.32 Å². The average molecular weight is 293 g/mol. The van der Waals surface area contributed by atoms with Crippen molar-refractivity contribution in [3.8, 4) is 6.07 Å². The Morgan fingerprint density at radius 2 is 1.95 bits per heavy atom. The summed E-state index contributed by atoms with van der Waals surface area (Å²) >= 11 is 0. The maximum atomic E-state index is 12.0. The molecule has 4 heteroatoms. The number of hydrogen-bond donors (Lipinski definition) is 1. The summed E-state index contributed by atoms with van der Waals surface area (Å²) in [5.41, 5.74) is 3.58. The van der Waals surface area contributed by atoms with E-state index in [1.165, 1.54) is 11.1 Å². The summed E-state index contributed by atoms with van der Waals surface area (Å²) in [6.45, 7) is 3.06. The molecule has 0 aliphatic rings. The number of aryl methyl sites for hydroxylation is 1. The van der Waals surface area contributed by atoms with E-state index in [4.69, 9.17) is 5.26 Å². The maximum absolute atomic E-state index is 12.0. The van der Waals surface area contributed by atoms with E-state index in [1.54, 1.807) is 24.3 Å². The molecule has 0 bridgehead atoms. The quantitative estimate of drug-likeness (QED) is 0.922. The molecule has 2 aromatic carbocycles. The first-order valence-electron chi connectivity index (χ1n) is 7.11. The summed E-state index contributed by atoms with van der Waals surface area (Å²) in [4.78, 5) is 14.0. The van der Waals surface area contributed by atoms with Crippen LogP contribution in [0.2, 0.25) is 0 Å². The number of hydrogen-bond acceptors (Lipinski definition) is 3. The topological polar surface area (TPSA) is 56.1 Å². The fraction of sp³-hybridized carbons (Fsp3) is 0.222. The number of nitriles is 1. The molecule has 22 heavy (non-hydrogen) atoms. The number of carbonyl (C=O) groups excluding carboxylic acids is 1. The summed E-state index contributed by atoms with van der Waals surface area (Å²) < 4.78 is 0. The summed E-state index contributed by atoms with van der Waals surface area (Å²) in [5.74, 6) is -0.0929. The predicted molar refractivity (Wildman–Crippen MR) is 87.3 cm³/mol. The van der Waals surface area contributed by atoms with E-state index in [0.717, 1.165) is 0 Å². The second-order valence-electron chi connectivity index (χ2n) is 5.40. The molecule has 1 amide bonds. The Morgan fingerprint density at radius 3 is 2.64 bits per heavy atom. The molecule has 2 aromatic rings. The Hall–Kier alpha value is -2.64. The molecule has 1 N–H and O–H groups in total. The molecular weight excluding hydrogens is 274 g/mol. The SMILES string of the molecule is Cc1ccc(CN(C)CC(=O)Nc2cccc(C#N)c2)cc1. The third-order valence-electron chi connectivity index (χ3n) is 3.26. The van der Waals surface area contributed by atoms with Gasteiger partial charge in [-0.3, -0.25) is 9.69 Å². The Balaban J connectivity index is 1.88. The average Bonchev–Trinajstić information content (AvgIpc) is 2.49. The van der Waals surface area contributed by atoms with E-state index in [0.29, 0.717) is 24.3 Å². The van der Waals surface area contributed by atoms with Crippen LogP contribution in [-0.4, -0.2) is 24.4 Å². The smallest absolute Gasteiger partial charge is 0.238 e. The first kappa shape index (κ1) is 15.7. The third kappa shape index (κ3) is 4.72. The van der Waals surface area contributed by atoms with E-state index >= 15 is 0 Å². The number of amides is 1. The normalized spacial score (nSPS) is 10.3. The Labute approximate surface area is 131 Å². The molecule has 0 atom stereocenters. The maximum Gasteiger partial charge on any atom is 0.238 e. The van der Waals surface area contributed by atoms with Crippen LogP contribution in [0.4, 0.5) is 5.69 Å². The van der Waals surface area contributed by atoms with E-state index in [-0.39, 0.29) is 5.91 Å². The van der Waals surface area contributed by atoms with Gasteiger partial charge in [0, 0.05) is 12.2 Å². The van der Waals surface area contributed by atoms with Gasteiger partial charge in [-0.2, -0.15) is 5.26 Å². The number of nitrogens with zero attached hydrogens (tertiary/aromatic N) is 2. The lowest BCUT2D eigenvalue weighted by Crippen LogP contribution is -2.29. The van der Waals surface area contributed by atoms with Crippen LogP contribution in [0.5, 0.6) is 0 Å². The third-order valence-corrected chi connectivity index (χ3v) is 3.26. The van der Waals surface area contributed by atoms with Gasteiger partial charge in [-0.25, -0.2) is 0 Å². The van der Waals surface area contributed by atoms with Crippen LogP contribution in [-0.2, 0) is 11.3 Å². The molecule has 0 heterocycles. The molecule has 2 rings (SSSR count). The van der Waals surface area contributed by atoms with Crippen molar-refractivity contribution in [1.29, 1.82) is 5.26 Å². The van der Waals surface area contributed by atoms with Gasteiger partial charge >= 0.3 is 0 Å². The van der Waals surface area contributed by atoms with Crippen LogP contribution in [0, 0.1) is 18.3 Å². The van der Waals surface area contributed by atoms with Crippen molar-refractivity contribution < 1.29 is 4.79 Å². The molecule has 0 aliphatic carbocycles. The summed E-state index contributed by atoms with van der Waals surface area (Å²) in [5, 5.41) is 11.7. The second kappa shape index (κ2) is 7.39. The zero-order valence-electron chi connectivity index (χ0n) is 12.8. The van der Waals surface area contributed by atoms with Crippen molar-refractivity contribution in [1.82, 2.24) is 4.90 Å². The van der Waals surface area contributed by atoms with Gasteiger partial charge in [0.05, 0.1) is 18.2 Å². The second-order valence-corrected chi connectivity index (χ2v) is 5.40. The van der Waals surface area contributed by atoms with Crippen LogP contribution in [0.3, 0.4) is 0 Å². The Kier molecular flexibility index (Phi) is 5.29. The predicted octanol–water partition coefficient (Wildman–Crippen LogP) is 2.94. The van der Waals surface area contributed by atoms with Gasteiger partial charge in [-0.15, -0.1) is 0 Å². The fourth-order valence-electron chi connectivity index (χ4n) is 2.17. The van der Waals surface area contributed by atoms with Crippen LogP contribution in [0.15, 0.2) is 48.5 Å². The van der Waals surface area contributed by atoms with Gasteiger partial charge in [0.25, 0.3) is 0 Å². The van der Waals surface area contributed by atoms with Crippen LogP contribution in [0.25, 0.3) is 0 Å². The van der Waals surface area contributed by atoms with Gasteiger partial charge in [-0.05, 0) is 37.7 Å². The minimum atomic E-state index is -0.0929. The highest BCUT2D eigenvalue weighted by atomic mass is 16.2. The first-order valence-corrected chi connectivity index (χ1v) is 7.11. The van der Waals surface area contributed by atoms with Gasteiger partial charge in [0.1, 0.15) is 0 Å². The molecular formula is C18H19N3O. The lowest BCUT2D eigenvalue weighted by atomic mass is 10.1. The number of carbonyl (C=O) groups is 1. The summed E-state index contributed by atoms with van der Waals surface area (Å²) in [7, 11) is 1.91. The monoisotopic (exact) mass is 293 g/mol.